The number of aromatic amines is 1. The van der Waals surface area contributed by atoms with Crippen LogP contribution in [0.25, 0.3) is 0 Å². The number of anilines is 1. The number of nitrogens with zero attached hydrogens (tertiary/aromatic N) is 1. The number of unbranched alkanes of at least 4 members (excludes halogenated alkanes) is 1. The van der Waals surface area contributed by atoms with Gasteiger partial charge in [-0.3, -0.25) is 0 Å². The molecule has 0 amide bonds. The van der Waals surface area contributed by atoms with Gasteiger partial charge in [-0.2, -0.15) is 0 Å². The van der Waals surface area contributed by atoms with E-state index < -0.39 is 0 Å². The minimum atomic E-state index is 0.669. The molecule has 21 heavy (non-hydrogen) atoms. The van der Waals surface area contributed by atoms with Crippen molar-refractivity contribution in [3.05, 3.63) is 35.8 Å². The summed E-state index contributed by atoms with van der Waals surface area (Å²) in [6, 6.07) is 5.81. The molecule has 0 aliphatic rings. The Hall–Kier alpha value is -2.17. The maximum absolute atomic E-state index is 5.39. The minimum absolute atomic E-state index is 0.669. The summed E-state index contributed by atoms with van der Waals surface area (Å²) < 4.78 is 10.6. The maximum atomic E-state index is 5.39. The normalized spacial score (nSPS) is 10.4. The number of imidazole rings is 1. The van der Waals surface area contributed by atoms with Gasteiger partial charge in [0.15, 0.2) is 0 Å². The summed E-state index contributed by atoms with van der Waals surface area (Å²) in [7, 11) is 3.31. The molecule has 0 bridgehead atoms. The molecule has 0 saturated heterocycles. The van der Waals surface area contributed by atoms with Crippen molar-refractivity contribution in [1.29, 1.82) is 0 Å². The predicted molar refractivity (Wildman–Crippen MR) is 84.1 cm³/mol. The quantitative estimate of drug-likeness (QED) is 0.782. The number of aryl methyl sites for hydroxylation is 1. The van der Waals surface area contributed by atoms with E-state index in [0.29, 0.717) is 6.54 Å². The molecule has 5 heteroatoms. The Morgan fingerprint density at radius 1 is 1.24 bits per heavy atom. The number of benzene rings is 1. The molecule has 1 aromatic heterocycles. The van der Waals surface area contributed by atoms with Gasteiger partial charge in [0.25, 0.3) is 0 Å². The third-order valence-corrected chi connectivity index (χ3v) is 3.36. The second-order valence-corrected chi connectivity index (χ2v) is 4.88. The first-order chi connectivity index (χ1) is 10.3. The van der Waals surface area contributed by atoms with E-state index in [1.54, 1.807) is 14.2 Å². The van der Waals surface area contributed by atoms with Crippen LogP contribution < -0.4 is 14.8 Å². The first-order valence-corrected chi connectivity index (χ1v) is 7.25. The van der Waals surface area contributed by atoms with E-state index in [-0.39, 0.29) is 0 Å². The summed E-state index contributed by atoms with van der Waals surface area (Å²) >= 11 is 0. The lowest BCUT2D eigenvalue weighted by molar-refractivity contribution is 0.391. The molecule has 2 rings (SSSR count). The lowest BCUT2D eigenvalue weighted by atomic mass is 10.2. The van der Waals surface area contributed by atoms with E-state index in [4.69, 9.17) is 9.47 Å². The minimum Gasteiger partial charge on any atom is -0.497 e. The van der Waals surface area contributed by atoms with Crippen molar-refractivity contribution in [1.82, 2.24) is 9.97 Å². The molecule has 2 N–H and O–H groups in total. The van der Waals surface area contributed by atoms with Gasteiger partial charge in [-0.05, 0) is 18.6 Å². The van der Waals surface area contributed by atoms with Crippen LogP contribution in [0.4, 0.5) is 5.82 Å². The van der Waals surface area contributed by atoms with Crippen molar-refractivity contribution >= 4 is 5.82 Å². The number of hydrogen-bond donors (Lipinski definition) is 2. The first kappa shape index (κ1) is 15.2. The average molecular weight is 289 g/mol. The molecule has 0 aliphatic carbocycles. The summed E-state index contributed by atoms with van der Waals surface area (Å²) in [5.74, 6) is 3.56. The monoisotopic (exact) mass is 289 g/mol. The summed E-state index contributed by atoms with van der Waals surface area (Å²) in [4.78, 5) is 7.66. The third-order valence-electron chi connectivity index (χ3n) is 3.36. The highest BCUT2D eigenvalue weighted by Gasteiger charge is 2.06. The molecule has 0 aliphatic heterocycles. The topological polar surface area (TPSA) is 59.2 Å². The van der Waals surface area contributed by atoms with Gasteiger partial charge < -0.3 is 19.8 Å². The molecule has 0 atom stereocenters. The molecule has 5 nitrogen and oxygen atoms in total. The Morgan fingerprint density at radius 3 is 2.81 bits per heavy atom. The molecule has 1 heterocycles. The fourth-order valence-electron chi connectivity index (χ4n) is 2.11. The zero-order valence-electron chi connectivity index (χ0n) is 12.9. The summed E-state index contributed by atoms with van der Waals surface area (Å²) in [5, 5.41) is 3.33. The Morgan fingerprint density at radius 2 is 2.10 bits per heavy atom. The van der Waals surface area contributed by atoms with Crippen LogP contribution in [0, 0.1) is 0 Å². The second kappa shape index (κ2) is 7.57. The average Bonchev–Trinajstić information content (AvgIpc) is 2.98. The number of methoxy groups -OCH3 is 2. The lowest BCUT2D eigenvalue weighted by Gasteiger charge is -2.11. The van der Waals surface area contributed by atoms with Crippen LogP contribution in [0.15, 0.2) is 24.4 Å². The SMILES string of the molecule is CCCCc1ncc(NCc2ccc(OC)cc2OC)[nH]1. The van der Waals surface area contributed by atoms with Crippen LogP contribution in [-0.2, 0) is 13.0 Å². The highest BCUT2D eigenvalue weighted by molar-refractivity contribution is 5.43. The van der Waals surface area contributed by atoms with Crippen LogP contribution in [-0.4, -0.2) is 24.2 Å². The van der Waals surface area contributed by atoms with Crippen molar-refractivity contribution in [2.75, 3.05) is 19.5 Å². The first-order valence-electron chi connectivity index (χ1n) is 7.25. The van der Waals surface area contributed by atoms with Crippen molar-refractivity contribution in [2.45, 2.75) is 32.7 Å². The number of rotatable bonds is 8. The molecule has 0 spiro atoms. The molecule has 0 unspecified atom stereocenters. The summed E-state index contributed by atoms with van der Waals surface area (Å²) in [6.07, 6.45) is 5.15. The van der Waals surface area contributed by atoms with Crippen LogP contribution in [0.2, 0.25) is 0 Å². The van der Waals surface area contributed by atoms with E-state index in [0.717, 1.165) is 41.5 Å². The smallest absolute Gasteiger partial charge is 0.127 e. The van der Waals surface area contributed by atoms with Crippen LogP contribution in [0.5, 0.6) is 11.5 Å². The van der Waals surface area contributed by atoms with Gasteiger partial charge in [0, 0.05) is 24.6 Å². The molecule has 114 valence electrons. The van der Waals surface area contributed by atoms with E-state index in [1.165, 1.54) is 6.42 Å². The van der Waals surface area contributed by atoms with Gasteiger partial charge in [-0.25, -0.2) is 4.98 Å². The molecule has 0 saturated carbocycles. The van der Waals surface area contributed by atoms with Crippen LogP contribution in [0.1, 0.15) is 31.2 Å². The van der Waals surface area contributed by atoms with E-state index in [2.05, 4.69) is 22.2 Å². The van der Waals surface area contributed by atoms with Crippen molar-refractivity contribution < 1.29 is 9.47 Å². The third kappa shape index (κ3) is 4.15. The number of ether oxygens (including phenoxy) is 2. The van der Waals surface area contributed by atoms with E-state index in [1.807, 2.05) is 24.4 Å². The number of nitrogens with one attached hydrogen (secondary N) is 2. The van der Waals surface area contributed by atoms with Crippen molar-refractivity contribution in [2.24, 2.45) is 0 Å². The van der Waals surface area contributed by atoms with Gasteiger partial charge in [-0.15, -0.1) is 0 Å². The van der Waals surface area contributed by atoms with E-state index >= 15 is 0 Å². The number of aromatic nitrogens is 2. The van der Waals surface area contributed by atoms with Crippen LogP contribution in [0.3, 0.4) is 0 Å². The lowest BCUT2D eigenvalue weighted by Crippen LogP contribution is -2.02. The summed E-state index contributed by atoms with van der Waals surface area (Å²) in [6.45, 7) is 2.85. The van der Waals surface area contributed by atoms with Gasteiger partial charge in [0.05, 0.1) is 20.4 Å². The maximum Gasteiger partial charge on any atom is 0.127 e. The molecule has 0 fully saturated rings. The molecule has 2 aromatic rings. The molecular weight excluding hydrogens is 266 g/mol. The second-order valence-electron chi connectivity index (χ2n) is 4.88. The summed E-state index contributed by atoms with van der Waals surface area (Å²) in [5.41, 5.74) is 1.07. The van der Waals surface area contributed by atoms with Gasteiger partial charge >= 0.3 is 0 Å². The molecular formula is C16H23N3O2. The predicted octanol–water partition coefficient (Wildman–Crippen LogP) is 3.38. The Kier molecular flexibility index (Phi) is 5.49. The van der Waals surface area contributed by atoms with E-state index in [9.17, 15) is 0 Å². The highest BCUT2D eigenvalue weighted by Crippen LogP contribution is 2.25. The van der Waals surface area contributed by atoms with Gasteiger partial charge in [0.1, 0.15) is 23.1 Å². The fourth-order valence-corrected chi connectivity index (χ4v) is 2.11. The Labute approximate surface area is 125 Å². The number of hydrogen-bond acceptors (Lipinski definition) is 4. The Balaban J connectivity index is 1.97. The highest BCUT2D eigenvalue weighted by atomic mass is 16.5. The Bertz CT molecular complexity index is 566. The van der Waals surface area contributed by atoms with Crippen molar-refractivity contribution in [3.63, 3.8) is 0 Å². The van der Waals surface area contributed by atoms with Gasteiger partial charge in [0.2, 0.25) is 0 Å². The fraction of sp³-hybridized carbons (Fsp3) is 0.438. The molecule has 0 radical (unpaired) electrons. The van der Waals surface area contributed by atoms with Crippen molar-refractivity contribution in [3.8, 4) is 11.5 Å². The zero-order chi connectivity index (χ0) is 15.1. The number of H-pyrrole nitrogens is 1. The van der Waals surface area contributed by atoms with Crippen LogP contribution >= 0.6 is 0 Å². The van der Waals surface area contributed by atoms with Gasteiger partial charge in [-0.1, -0.05) is 13.3 Å². The standard InChI is InChI=1S/C16H23N3O2/c1-4-5-6-15-18-11-16(19-15)17-10-12-7-8-13(20-2)9-14(12)21-3/h7-9,11,17H,4-6,10H2,1-3H3,(H,18,19). The largest absolute Gasteiger partial charge is 0.497 e. The molecule has 1 aromatic carbocycles. The zero-order valence-corrected chi connectivity index (χ0v) is 12.9.